The zero-order valence-corrected chi connectivity index (χ0v) is 15.2. The lowest BCUT2D eigenvalue weighted by Crippen LogP contribution is -2.27. The summed E-state index contributed by atoms with van der Waals surface area (Å²) in [5.41, 5.74) is 5.68. The summed E-state index contributed by atoms with van der Waals surface area (Å²) in [4.78, 5) is 28.7. The molecule has 1 unspecified atom stereocenters. The number of ether oxygens (including phenoxy) is 1. The summed E-state index contributed by atoms with van der Waals surface area (Å²) in [6.07, 6.45) is 0.674. The Balaban J connectivity index is 2.45. The molecule has 2 aromatic rings. The van der Waals surface area contributed by atoms with Crippen LogP contribution in [-0.2, 0) is 16.1 Å². The van der Waals surface area contributed by atoms with Crippen LogP contribution >= 0.6 is 23.4 Å². The van der Waals surface area contributed by atoms with Gasteiger partial charge in [-0.2, -0.15) is 0 Å². The summed E-state index contributed by atoms with van der Waals surface area (Å²) in [6, 6.07) is 4.97. The van der Waals surface area contributed by atoms with Gasteiger partial charge in [-0.25, -0.2) is 4.98 Å². The average molecular weight is 370 g/mol. The Morgan fingerprint density at radius 1 is 1.50 bits per heavy atom. The third-order valence-electron chi connectivity index (χ3n) is 3.44. The first-order valence-corrected chi connectivity index (χ1v) is 8.93. The predicted molar refractivity (Wildman–Crippen MR) is 96.6 cm³/mol. The third-order valence-corrected chi connectivity index (χ3v) is 4.78. The second-order valence-electron chi connectivity index (χ2n) is 5.23. The number of hydrogen-bond acceptors (Lipinski definition) is 5. The lowest BCUT2D eigenvalue weighted by Gasteiger charge is -2.15. The predicted octanol–water partition coefficient (Wildman–Crippen LogP) is 2.44. The summed E-state index contributed by atoms with van der Waals surface area (Å²) in [6.45, 7) is 5.24. The topological polar surface area (TPSA) is 87.2 Å². The summed E-state index contributed by atoms with van der Waals surface area (Å²) in [5.74, 6) is -0.457. The second-order valence-corrected chi connectivity index (χ2v) is 6.97. The van der Waals surface area contributed by atoms with E-state index >= 15 is 0 Å². The molecule has 2 N–H and O–H groups in total. The van der Waals surface area contributed by atoms with Crippen LogP contribution in [0.15, 0.2) is 28.2 Å². The van der Waals surface area contributed by atoms with E-state index in [1.54, 1.807) is 29.7 Å². The smallest absolute Gasteiger partial charge is 0.262 e. The van der Waals surface area contributed by atoms with E-state index in [2.05, 4.69) is 4.98 Å². The van der Waals surface area contributed by atoms with Crippen molar-refractivity contribution in [1.82, 2.24) is 9.55 Å². The van der Waals surface area contributed by atoms with Gasteiger partial charge in [-0.3, -0.25) is 14.2 Å². The largest absolute Gasteiger partial charge is 0.382 e. The van der Waals surface area contributed by atoms with Crippen LogP contribution in [0.2, 0.25) is 5.02 Å². The van der Waals surface area contributed by atoms with Crippen LogP contribution < -0.4 is 11.3 Å². The molecule has 1 atom stereocenters. The second kappa shape index (κ2) is 8.50. The molecule has 24 heavy (non-hydrogen) atoms. The van der Waals surface area contributed by atoms with Crippen molar-refractivity contribution in [2.45, 2.75) is 37.2 Å². The Bertz CT molecular complexity index is 794. The number of nitrogens with two attached hydrogens (primary N) is 1. The molecule has 0 aliphatic rings. The minimum absolute atomic E-state index is 0.160. The van der Waals surface area contributed by atoms with Crippen LogP contribution in [-0.4, -0.2) is 33.9 Å². The molecule has 2 rings (SSSR count). The number of rotatable bonds is 8. The van der Waals surface area contributed by atoms with E-state index in [1.807, 2.05) is 6.92 Å². The molecule has 1 amide bonds. The molecule has 0 bridgehead atoms. The van der Waals surface area contributed by atoms with E-state index < -0.39 is 11.2 Å². The van der Waals surface area contributed by atoms with Crippen LogP contribution in [0.1, 0.15) is 20.3 Å². The van der Waals surface area contributed by atoms with E-state index in [1.165, 1.54) is 11.8 Å². The molecule has 0 aliphatic carbocycles. The highest BCUT2D eigenvalue weighted by Gasteiger charge is 2.17. The van der Waals surface area contributed by atoms with E-state index in [9.17, 15) is 9.59 Å². The molecule has 1 heterocycles. The Kier molecular flexibility index (Phi) is 6.65. The number of thioether (sulfide) groups is 1. The van der Waals surface area contributed by atoms with Gasteiger partial charge in [-0.15, -0.1) is 0 Å². The number of benzene rings is 1. The van der Waals surface area contributed by atoms with Crippen LogP contribution in [0, 0.1) is 0 Å². The first-order valence-electron chi connectivity index (χ1n) is 7.67. The standard InChI is InChI=1S/C16H20ClN3O3S/c1-3-23-8-4-7-20-15(22)12-6-5-11(17)9-13(12)19-16(20)24-10(2)14(18)21/h5-6,9-10H,3-4,7-8H2,1-2H3,(H2,18,21). The highest BCUT2D eigenvalue weighted by Crippen LogP contribution is 2.23. The van der Waals surface area contributed by atoms with Gasteiger partial charge in [0.1, 0.15) is 0 Å². The van der Waals surface area contributed by atoms with Crippen LogP contribution in [0.4, 0.5) is 0 Å². The zero-order chi connectivity index (χ0) is 17.7. The summed E-state index contributed by atoms with van der Waals surface area (Å²) >= 11 is 7.16. The molecule has 0 spiro atoms. The van der Waals surface area contributed by atoms with Gasteiger partial charge in [-0.05, 0) is 38.5 Å². The van der Waals surface area contributed by atoms with Crippen molar-refractivity contribution in [3.63, 3.8) is 0 Å². The molecular formula is C16H20ClN3O3S. The maximum absolute atomic E-state index is 12.8. The zero-order valence-electron chi connectivity index (χ0n) is 13.6. The quantitative estimate of drug-likeness (QED) is 0.438. The Labute approximate surface area is 149 Å². The van der Waals surface area contributed by atoms with Crippen LogP contribution in [0.25, 0.3) is 10.9 Å². The lowest BCUT2D eigenvalue weighted by molar-refractivity contribution is -0.117. The number of fused-ring (bicyclic) bond motifs is 1. The molecule has 0 aliphatic heterocycles. The molecule has 0 saturated heterocycles. The maximum Gasteiger partial charge on any atom is 0.262 e. The summed E-state index contributed by atoms with van der Waals surface area (Å²) in [7, 11) is 0. The van der Waals surface area contributed by atoms with Gasteiger partial charge in [0.25, 0.3) is 5.56 Å². The number of primary amides is 1. The molecule has 0 fully saturated rings. The van der Waals surface area contributed by atoms with Gasteiger partial charge in [0.15, 0.2) is 5.16 Å². The summed E-state index contributed by atoms with van der Waals surface area (Å²) in [5, 5.41) is 0.957. The Hall–Kier alpha value is -1.57. The first kappa shape index (κ1) is 18.8. The van der Waals surface area contributed by atoms with Crippen LogP contribution in [0.3, 0.4) is 0 Å². The fraction of sp³-hybridized carbons (Fsp3) is 0.438. The van der Waals surface area contributed by atoms with Gasteiger partial charge < -0.3 is 10.5 Å². The minimum Gasteiger partial charge on any atom is -0.382 e. The minimum atomic E-state index is -0.494. The molecule has 6 nitrogen and oxygen atoms in total. The van der Waals surface area contributed by atoms with Crippen molar-refractivity contribution >= 4 is 40.2 Å². The number of nitrogens with zero attached hydrogens (tertiary/aromatic N) is 2. The highest BCUT2D eigenvalue weighted by molar-refractivity contribution is 8.00. The Morgan fingerprint density at radius 2 is 2.25 bits per heavy atom. The number of hydrogen-bond donors (Lipinski definition) is 1. The molecule has 1 aromatic heterocycles. The highest BCUT2D eigenvalue weighted by atomic mass is 35.5. The number of aromatic nitrogens is 2. The number of amides is 1. The molecule has 8 heteroatoms. The van der Waals surface area contributed by atoms with Crippen molar-refractivity contribution in [2.75, 3.05) is 13.2 Å². The van der Waals surface area contributed by atoms with E-state index in [-0.39, 0.29) is 5.56 Å². The molecule has 1 aromatic carbocycles. The fourth-order valence-corrected chi connectivity index (χ4v) is 3.20. The normalized spacial score (nSPS) is 12.5. The van der Waals surface area contributed by atoms with Gasteiger partial charge in [0.05, 0.1) is 16.2 Å². The summed E-state index contributed by atoms with van der Waals surface area (Å²) < 4.78 is 6.89. The maximum atomic E-state index is 12.8. The van der Waals surface area contributed by atoms with E-state index in [0.717, 1.165) is 0 Å². The lowest BCUT2D eigenvalue weighted by atomic mass is 10.2. The number of carbonyl (C=O) groups is 1. The molecular weight excluding hydrogens is 350 g/mol. The van der Waals surface area contributed by atoms with Gasteiger partial charge >= 0.3 is 0 Å². The molecule has 130 valence electrons. The van der Waals surface area contributed by atoms with Crippen molar-refractivity contribution in [1.29, 1.82) is 0 Å². The first-order chi connectivity index (χ1) is 11.4. The van der Waals surface area contributed by atoms with E-state index in [0.29, 0.717) is 47.3 Å². The fourth-order valence-electron chi connectivity index (χ4n) is 2.15. The van der Waals surface area contributed by atoms with Gasteiger partial charge in [0, 0.05) is 24.8 Å². The van der Waals surface area contributed by atoms with Crippen molar-refractivity contribution in [3.8, 4) is 0 Å². The van der Waals surface area contributed by atoms with Gasteiger partial charge in [-0.1, -0.05) is 23.4 Å². The SMILES string of the molecule is CCOCCCn1c(SC(C)C(N)=O)nc2cc(Cl)ccc2c1=O. The van der Waals surface area contributed by atoms with Gasteiger partial charge in [0.2, 0.25) is 5.91 Å². The Morgan fingerprint density at radius 3 is 2.92 bits per heavy atom. The number of halogens is 1. The third kappa shape index (κ3) is 4.49. The number of carbonyl (C=O) groups excluding carboxylic acids is 1. The van der Waals surface area contributed by atoms with Crippen molar-refractivity contribution in [2.24, 2.45) is 5.73 Å². The van der Waals surface area contributed by atoms with Crippen molar-refractivity contribution in [3.05, 3.63) is 33.6 Å². The van der Waals surface area contributed by atoms with Crippen LogP contribution in [0.5, 0.6) is 0 Å². The van der Waals surface area contributed by atoms with Crippen molar-refractivity contribution < 1.29 is 9.53 Å². The molecule has 0 saturated carbocycles. The van der Waals surface area contributed by atoms with E-state index in [4.69, 9.17) is 22.1 Å². The molecule has 0 radical (unpaired) electrons. The monoisotopic (exact) mass is 369 g/mol. The average Bonchev–Trinajstić information content (AvgIpc) is 2.53.